The minimum atomic E-state index is -3.45. The normalized spacial score (nSPS) is 23.2. The van der Waals surface area contributed by atoms with Crippen LogP contribution in [0.1, 0.15) is 17.9 Å². The molecule has 0 spiro atoms. The molecule has 1 N–H and O–H groups in total. The fourth-order valence-electron chi connectivity index (χ4n) is 1.82. The predicted octanol–water partition coefficient (Wildman–Crippen LogP) is 1.63. The molecule has 6 heteroatoms. The van der Waals surface area contributed by atoms with E-state index in [0.29, 0.717) is 6.42 Å². The average molecular weight is 318 g/mol. The first-order chi connectivity index (χ1) is 7.87. The van der Waals surface area contributed by atoms with Crippen LogP contribution in [0.4, 0.5) is 0 Å². The number of hydrogen-bond acceptors (Lipinski definition) is 3. The lowest BCUT2D eigenvalue weighted by atomic mass is 10.1. The molecule has 1 aliphatic rings. The lowest BCUT2D eigenvalue weighted by Gasteiger charge is -2.02. The Bertz CT molecular complexity index is 538. The van der Waals surface area contributed by atoms with Crippen molar-refractivity contribution in [1.82, 2.24) is 4.72 Å². The number of benzene rings is 1. The van der Waals surface area contributed by atoms with Gasteiger partial charge < -0.3 is 0 Å². The van der Waals surface area contributed by atoms with Crippen LogP contribution in [-0.2, 0) is 14.8 Å². The minimum absolute atomic E-state index is 0.143. The third-order valence-electron chi connectivity index (χ3n) is 2.71. The molecule has 4 nitrogen and oxygen atoms in total. The second kappa shape index (κ2) is 4.42. The number of rotatable bonds is 3. The highest BCUT2D eigenvalue weighted by molar-refractivity contribution is 9.10. The molecule has 0 unspecified atom stereocenters. The number of hydrogen-bond donors (Lipinski definition) is 1. The summed E-state index contributed by atoms with van der Waals surface area (Å²) in [6.07, 6.45) is 1.70. The molecule has 2 atom stereocenters. The number of carbonyl (C=O) groups excluding carboxylic acids is 1. The first kappa shape index (κ1) is 12.6. The van der Waals surface area contributed by atoms with E-state index in [9.17, 15) is 13.2 Å². The van der Waals surface area contributed by atoms with Gasteiger partial charge in [-0.15, -0.1) is 0 Å². The van der Waals surface area contributed by atoms with Crippen molar-refractivity contribution >= 4 is 31.9 Å². The van der Waals surface area contributed by atoms with Crippen LogP contribution >= 0.6 is 15.9 Å². The largest absolute Gasteiger partial charge is 0.274 e. The van der Waals surface area contributed by atoms with Gasteiger partial charge in [0.1, 0.15) is 0 Å². The van der Waals surface area contributed by atoms with Crippen molar-refractivity contribution in [2.45, 2.75) is 12.3 Å². The third-order valence-corrected chi connectivity index (χ3v) is 3.81. The van der Waals surface area contributed by atoms with Crippen molar-refractivity contribution in [3.63, 3.8) is 0 Å². The fraction of sp³-hybridized carbons (Fsp3) is 0.364. The van der Waals surface area contributed by atoms with Crippen LogP contribution in [0.5, 0.6) is 0 Å². The summed E-state index contributed by atoms with van der Waals surface area (Å²) in [5.74, 6) is -0.476. The Labute approximate surface area is 109 Å². The molecule has 1 aromatic carbocycles. The van der Waals surface area contributed by atoms with Gasteiger partial charge in [-0.1, -0.05) is 28.1 Å². The van der Waals surface area contributed by atoms with Crippen LogP contribution in [0.3, 0.4) is 0 Å². The molecule has 1 amide bonds. The second-order valence-electron chi connectivity index (χ2n) is 4.24. The predicted molar refractivity (Wildman–Crippen MR) is 68.0 cm³/mol. The van der Waals surface area contributed by atoms with E-state index < -0.39 is 15.9 Å². The van der Waals surface area contributed by atoms with Gasteiger partial charge >= 0.3 is 0 Å². The molecule has 0 saturated heterocycles. The molecule has 17 heavy (non-hydrogen) atoms. The van der Waals surface area contributed by atoms with Crippen molar-refractivity contribution in [2.24, 2.45) is 5.92 Å². The van der Waals surface area contributed by atoms with Crippen molar-refractivity contribution in [3.8, 4) is 0 Å². The lowest BCUT2D eigenvalue weighted by molar-refractivity contribution is -0.120. The fourth-order valence-corrected chi connectivity index (χ4v) is 2.60. The van der Waals surface area contributed by atoms with Crippen LogP contribution in [0.2, 0.25) is 0 Å². The van der Waals surface area contributed by atoms with Crippen molar-refractivity contribution < 1.29 is 13.2 Å². The van der Waals surface area contributed by atoms with Crippen LogP contribution in [-0.4, -0.2) is 20.6 Å². The Hall–Kier alpha value is -0.880. The van der Waals surface area contributed by atoms with Crippen molar-refractivity contribution in [3.05, 3.63) is 34.3 Å². The van der Waals surface area contributed by atoms with E-state index in [1.165, 1.54) is 0 Å². The van der Waals surface area contributed by atoms with Gasteiger partial charge in [0, 0.05) is 10.4 Å². The molecule has 92 valence electrons. The summed E-state index contributed by atoms with van der Waals surface area (Å²) in [6, 6.07) is 7.73. The third kappa shape index (κ3) is 3.29. The van der Waals surface area contributed by atoms with E-state index >= 15 is 0 Å². The number of nitrogens with one attached hydrogen (secondary N) is 1. The lowest BCUT2D eigenvalue weighted by Crippen LogP contribution is -2.30. The number of amides is 1. The Morgan fingerprint density at radius 2 is 1.94 bits per heavy atom. The molecule has 1 aliphatic carbocycles. The van der Waals surface area contributed by atoms with Crippen molar-refractivity contribution in [1.29, 1.82) is 0 Å². The molecule has 0 aliphatic heterocycles. The van der Waals surface area contributed by atoms with E-state index in [1.54, 1.807) is 0 Å². The second-order valence-corrected chi connectivity index (χ2v) is 6.90. The minimum Gasteiger partial charge on any atom is -0.274 e. The van der Waals surface area contributed by atoms with E-state index in [4.69, 9.17) is 0 Å². The van der Waals surface area contributed by atoms with Gasteiger partial charge in [-0.05, 0) is 30.0 Å². The first-order valence-corrected chi connectivity index (χ1v) is 7.82. The van der Waals surface area contributed by atoms with E-state index in [-0.39, 0.29) is 11.8 Å². The first-order valence-electron chi connectivity index (χ1n) is 5.14. The molecular weight excluding hydrogens is 306 g/mol. The van der Waals surface area contributed by atoms with Gasteiger partial charge in [0.15, 0.2) is 0 Å². The highest BCUT2D eigenvalue weighted by atomic mass is 79.9. The summed E-state index contributed by atoms with van der Waals surface area (Å²) in [5, 5.41) is 0. The summed E-state index contributed by atoms with van der Waals surface area (Å²) < 4.78 is 24.8. The Balaban J connectivity index is 2.01. The highest BCUT2D eigenvalue weighted by Gasteiger charge is 2.44. The topological polar surface area (TPSA) is 63.2 Å². The SMILES string of the molecule is CS(=O)(=O)NC(=O)[C@@H]1C[C@H]1c1ccc(Br)cc1. The number of sulfonamides is 1. The van der Waals surface area contributed by atoms with E-state index in [2.05, 4.69) is 15.9 Å². The molecule has 1 aromatic rings. The summed E-state index contributed by atoms with van der Waals surface area (Å²) in [5.41, 5.74) is 1.07. The summed E-state index contributed by atoms with van der Waals surface area (Å²) >= 11 is 3.34. The van der Waals surface area contributed by atoms with Gasteiger partial charge in [0.05, 0.1) is 6.26 Å². The molecule has 0 aromatic heterocycles. The quantitative estimate of drug-likeness (QED) is 0.921. The number of halogens is 1. The van der Waals surface area contributed by atoms with Gasteiger partial charge in [-0.25, -0.2) is 8.42 Å². The maximum absolute atomic E-state index is 11.6. The standard InChI is InChI=1S/C11H12BrNO3S/c1-17(15,16)13-11(14)10-6-9(10)7-2-4-8(12)5-3-7/h2-5,9-10H,6H2,1H3,(H,13,14)/t9-,10+/m0/s1. The van der Waals surface area contributed by atoms with Gasteiger partial charge in [0.2, 0.25) is 15.9 Å². The summed E-state index contributed by atoms with van der Waals surface area (Å²) in [4.78, 5) is 11.6. The zero-order valence-electron chi connectivity index (χ0n) is 9.18. The van der Waals surface area contributed by atoms with Crippen LogP contribution in [0.25, 0.3) is 0 Å². The molecule has 0 heterocycles. The number of carbonyl (C=O) groups is 1. The molecular formula is C11H12BrNO3S. The summed E-state index contributed by atoms with van der Waals surface area (Å²) in [6.45, 7) is 0. The zero-order chi connectivity index (χ0) is 12.6. The molecule has 0 bridgehead atoms. The zero-order valence-corrected chi connectivity index (χ0v) is 11.6. The van der Waals surface area contributed by atoms with Crippen LogP contribution in [0.15, 0.2) is 28.7 Å². The van der Waals surface area contributed by atoms with Crippen molar-refractivity contribution in [2.75, 3.05) is 6.26 Å². The average Bonchev–Trinajstić information content (AvgIpc) is 2.96. The van der Waals surface area contributed by atoms with Crippen LogP contribution < -0.4 is 4.72 Å². The Kier molecular flexibility index (Phi) is 3.27. The Morgan fingerprint density at radius 3 is 2.47 bits per heavy atom. The van der Waals surface area contributed by atoms with Crippen LogP contribution in [0, 0.1) is 5.92 Å². The van der Waals surface area contributed by atoms with E-state index in [0.717, 1.165) is 16.3 Å². The van der Waals surface area contributed by atoms with Gasteiger partial charge in [-0.2, -0.15) is 0 Å². The maximum atomic E-state index is 11.6. The Morgan fingerprint density at radius 1 is 1.35 bits per heavy atom. The molecule has 2 rings (SSSR count). The summed E-state index contributed by atoms with van der Waals surface area (Å²) in [7, 11) is -3.45. The molecule has 1 fully saturated rings. The molecule has 0 radical (unpaired) electrons. The van der Waals surface area contributed by atoms with E-state index in [1.807, 2.05) is 29.0 Å². The maximum Gasteiger partial charge on any atom is 0.237 e. The molecule has 1 saturated carbocycles. The van der Waals surface area contributed by atoms with Gasteiger partial charge in [-0.3, -0.25) is 9.52 Å². The smallest absolute Gasteiger partial charge is 0.237 e. The highest BCUT2D eigenvalue weighted by Crippen LogP contribution is 2.47. The van der Waals surface area contributed by atoms with Gasteiger partial charge in [0.25, 0.3) is 0 Å². The monoisotopic (exact) mass is 317 g/mol.